The SMILES string of the molecule is N[C@H]1CCCC[C@@]1(O)c1ccc(-c2ccccc2)cc1.N[C@H]1CCCC[C@]1(O)c1ccc(-c2ccccc2)cc1. The molecule has 0 aliphatic heterocycles. The summed E-state index contributed by atoms with van der Waals surface area (Å²) in [5.41, 5.74) is 17.2. The van der Waals surface area contributed by atoms with Crippen molar-refractivity contribution < 1.29 is 10.2 Å². The molecule has 0 amide bonds. The maximum Gasteiger partial charge on any atom is 0.105 e. The molecule has 4 nitrogen and oxygen atoms in total. The lowest BCUT2D eigenvalue weighted by atomic mass is 9.76. The average molecular weight is 535 g/mol. The van der Waals surface area contributed by atoms with Gasteiger partial charge in [-0.2, -0.15) is 0 Å². The van der Waals surface area contributed by atoms with Crippen LogP contribution in [0, 0.1) is 0 Å². The first-order valence-corrected chi connectivity index (χ1v) is 14.7. The molecule has 40 heavy (non-hydrogen) atoms. The van der Waals surface area contributed by atoms with Gasteiger partial charge in [0.25, 0.3) is 0 Å². The molecule has 4 aromatic rings. The molecule has 2 saturated carbocycles. The highest BCUT2D eigenvalue weighted by atomic mass is 16.3. The fourth-order valence-electron chi connectivity index (χ4n) is 6.25. The van der Waals surface area contributed by atoms with Crippen LogP contribution in [0.2, 0.25) is 0 Å². The topological polar surface area (TPSA) is 92.5 Å². The maximum absolute atomic E-state index is 10.8. The number of hydrogen-bond donors (Lipinski definition) is 4. The summed E-state index contributed by atoms with van der Waals surface area (Å²) in [5.74, 6) is 0. The Kier molecular flexibility index (Phi) is 8.82. The number of hydrogen-bond acceptors (Lipinski definition) is 4. The normalized spacial score (nSPS) is 26.4. The number of rotatable bonds is 4. The van der Waals surface area contributed by atoms with Gasteiger partial charge in [0.15, 0.2) is 0 Å². The van der Waals surface area contributed by atoms with E-state index in [0.29, 0.717) is 0 Å². The fraction of sp³-hybridized carbons (Fsp3) is 0.333. The van der Waals surface area contributed by atoms with E-state index in [9.17, 15) is 10.2 Å². The summed E-state index contributed by atoms with van der Waals surface area (Å²) in [4.78, 5) is 0. The van der Waals surface area contributed by atoms with Crippen LogP contribution in [0.5, 0.6) is 0 Å². The van der Waals surface area contributed by atoms with Crippen molar-refractivity contribution in [1.29, 1.82) is 0 Å². The number of aliphatic hydroxyl groups is 2. The predicted molar refractivity (Wildman–Crippen MR) is 164 cm³/mol. The highest BCUT2D eigenvalue weighted by molar-refractivity contribution is 5.64. The monoisotopic (exact) mass is 534 g/mol. The summed E-state index contributed by atoms with van der Waals surface area (Å²) in [6.07, 6.45) is 7.65. The second kappa shape index (κ2) is 12.5. The molecular weight excluding hydrogens is 492 g/mol. The van der Waals surface area contributed by atoms with Crippen LogP contribution < -0.4 is 11.5 Å². The molecule has 0 saturated heterocycles. The standard InChI is InChI=1S/2C18H21NO/c2*19-17-8-4-5-13-18(17,20)16-11-9-15(10-12-16)14-6-2-1-3-7-14/h2*1-3,6-7,9-12,17,20H,4-5,8,13,19H2/t17-,18+;17-,18-/m00/s1. The molecule has 2 fully saturated rings. The Morgan fingerprint density at radius 1 is 0.450 bits per heavy atom. The maximum atomic E-state index is 10.8. The van der Waals surface area contributed by atoms with Gasteiger partial charge in [0, 0.05) is 12.1 Å². The Morgan fingerprint density at radius 3 is 1.10 bits per heavy atom. The van der Waals surface area contributed by atoms with E-state index in [1.165, 1.54) is 22.3 Å². The van der Waals surface area contributed by atoms with Gasteiger partial charge in [0.05, 0.1) is 0 Å². The van der Waals surface area contributed by atoms with Gasteiger partial charge in [0.2, 0.25) is 0 Å². The minimum absolute atomic E-state index is 0.154. The van der Waals surface area contributed by atoms with Gasteiger partial charge in [-0.15, -0.1) is 0 Å². The van der Waals surface area contributed by atoms with Gasteiger partial charge in [-0.05, 0) is 59.1 Å². The van der Waals surface area contributed by atoms with E-state index in [0.717, 1.165) is 62.5 Å². The Balaban J connectivity index is 0.000000161. The fourth-order valence-corrected chi connectivity index (χ4v) is 6.25. The van der Waals surface area contributed by atoms with Crippen molar-refractivity contribution in [3.8, 4) is 22.3 Å². The van der Waals surface area contributed by atoms with Crippen LogP contribution in [-0.2, 0) is 11.2 Å². The van der Waals surface area contributed by atoms with Crippen molar-refractivity contribution in [2.75, 3.05) is 0 Å². The minimum Gasteiger partial charge on any atom is -0.384 e. The number of nitrogens with two attached hydrogens (primary N) is 2. The van der Waals surface area contributed by atoms with Gasteiger partial charge in [-0.1, -0.05) is 135 Å². The molecular formula is C36H42N2O2. The molecule has 4 atom stereocenters. The van der Waals surface area contributed by atoms with Crippen LogP contribution in [0.25, 0.3) is 22.3 Å². The van der Waals surface area contributed by atoms with Gasteiger partial charge in [-0.25, -0.2) is 0 Å². The van der Waals surface area contributed by atoms with Crippen molar-refractivity contribution in [2.24, 2.45) is 11.5 Å². The smallest absolute Gasteiger partial charge is 0.105 e. The molecule has 0 heterocycles. The van der Waals surface area contributed by atoms with Gasteiger partial charge < -0.3 is 21.7 Å². The Labute approximate surface area is 238 Å². The summed E-state index contributed by atoms with van der Waals surface area (Å²) >= 11 is 0. The molecule has 0 radical (unpaired) electrons. The zero-order chi connectivity index (χ0) is 28.0. The van der Waals surface area contributed by atoms with Crippen LogP contribution in [0.4, 0.5) is 0 Å². The molecule has 0 bridgehead atoms. The lowest BCUT2D eigenvalue weighted by Gasteiger charge is -2.38. The highest BCUT2D eigenvalue weighted by Crippen LogP contribution is 2.38. The summed E-state index contributed by atoms with van der Waals surface area (Å²) in [6.45, 7) is 0. The molecule has 6 N–H and O–H groups in total. The molecule has 4 heteroatoms. The number of benzene rings is 4. The van der Waals surface area contributed by atoms with Crippen molar-refractivity contribution in [1.82, 2.24) is 0 Å². The third-order valence-electron chi connectivity index (χ3n) is 8.86. The second-order valence-corrected chi connectivity index (χ2v) is 11.4. The summed E-state index contributed by atoms with van der Waals surface area (Å²) in [6, 6.07) is 36.6. The lowest BCUT2D eigenvalue weighted by Crippen LogP contribution is -2.47. The Bertz CT molecular complexity index is 1230. The average Bonchev–Trinajstić information content (AvgIpc) is 3.02. The Hall–Kier alpha value is -3.28. The summed E-state index contributed by atoms with van der Waals surface area (Å²) < 4.78 is 0. The van der Waals surface area contributed by atoms with Crippen molar-refractivity contribution >= 4 is 0 Å². The van der Waals surface area contributed by atoms with Crippen LogP contribution in [0.3, 0.4) is 0 Å². The van der Waals surface area contributed by atoms with E-state index < -0.39 is 11.2 Å². The van der Waals surface area contributed by atoms with Crippen LogP contribution in [0.15, 0.2) is 109 Å². The summed E-state index contributed by atoms with van der Waals surface area (Å²) in [5, 5.41) is 21.7. The quantitative estimate of drug-likeness (QED) is 0.229. The Morgan fingerprint density at radius 2 is 0.775 bits per heavy atom. The first-order valence-electron chi connectivity index (χ1n) is 14.7. The van der Waals surface area contributed by atoms with E-state index >= 15 is 0 Å². The van der Waals surface area contributed by atoms with Crippen LogP contribution in [-0.4, -0.2) is 22.3 Å². The predicted octanol–water partition coefficient (Wildman–Crippen LogP) is 6.89. The van der Waals surface area contributed by atoms with E-state index in [1.807, 2.05) is 60.7 Å². The van der Waals surface area contributed by atoms with E-state index in [-0.39, 0.29) is 12.1 Å². The zero-order valence-corrected chi connectivity index (χ0v) is 23.3. The lowest BCUT2D eigenvalue weighted by molar-refractivity contribution is -0.0195. The summed E-state index contributed by atoms with van der Waals surface area (Å²) in [7, 11) is 0. The zero-order valence-electron chi connectivity index (χ0n) is 23.3. The molecule has 0 aromatic heterocycles. The van der Waals surface area contributed by atoms with E-state index in [1.54, 1.807) is 0 Å². The first-order chi connectivity index (χ1) is 19.4. The molecule has 2 aliphatic rings. The molecule has 2 aliphatic carbocycles. The largest absolute Gasteiger partial charge is 0.384 e. The van der Waals surface area contributed by atoms with Crippen molar-refractivity contribution in [3.05, 3.63) is 120 Å². The van der Waals surface area contributed by atoms with E-state index in [2.05, 4.69) is 48.5 Å². The molecule has 6 rings (SSSR count). The second-order valence-electron chi connectivity index (χ2n) is 11.4. The first kappa shape index (κ1) is 28.3. The molecule has 4 aromatic carbocycles. The molecule has 0 spiro atoms. The van der Waals surface area contributed by atoms with Gasteiger partial charge >= 0.3 is 0 Å². The molecule has 208 valence electrons. The van der Waals surface area contributed by atoms with Gasteiger partial charge in [-0.3, -0.25) is 0 Å². The van der Waals surface area contributed by atoms with Crippen LogP contribution >= 0.6 is 0 Å². The third-order valence-corrected chi connectivity index (χ3v) is 8.86. The van der Waals surface area contributed by atoms with Crippen molar-refractivity contribution in [2.45, 2.75) is 74.7 Å². The molecule has 0 unspecified atom stereocenters. The van der Waals surface area contributed by atoms with Crippen molar-refractivity contribution in [3.63, 3.8) is 0 Å². The van der Waals surface area contributed by atoms with Crippen LogP contribution in [0.1, 0.15) is 62.5 Å². The highest BCUT2D eigenvalue weighted by Gasteiger charge is 2.39. The van der Waals surface area contributed by atoms with Gasteiger partial charge in [0.1, 0.15) is 11.2 Å². The third kappa shape index (κ3) is 6.06. The minimum atomic E-state index is -0.854. The van der Waals surface area contributed by atoms with E-state index in [4.69, 9.17) is 11.5 Å².